The van der Waals surface area contributed by atoms with E-state index >= 15 is 0 Å². The molecule has 0 fully saturated rings. The third-order valence-corrected chi connectivity index (χ3v) is 3.72. The SMILES string of the molecule is O=[N+]([O-])c1cccc(OCc2nnc(Cl)s2)c1Br. The average molecular weight is 351 g/mol. The molecule has 94 valence electrons. The van der Waals surface area contributed by atoms with Crippen molar-refractivity contribution in [1.82, 2.24) is 10.2 Å². The first-order chi connectivity index (χ1) is 8.58. The summed E-state index contributed by atoms with van der Waals surface area (Å²) in [5.74, 6) is 0.371. The van der Waals surface area contributed by atoms with Gasteiger partial charge in [-0.05, 0) is 33.6 Å². The Labute approximate surface area is 119 Å². The maximum Gasteiger partial charge on any atom is 0.287 e. The van der Waals surface area contributed by atoms with Crippen molar-refractivity contribution < 1.29 is 9.66 Å². The molecular weight excluding hydrogens is 346 g/mol. The van der Waals surface area contributed by atoms with Crippen molar-refractivity contribution in [2.24, 2.45) is 0 Å². The van der Waals surface area contributed by atoms with Crippen molar-refractivity contribution in [1.29, 1.82) is 0 Å². The zero-order valence-corrected chi connectivity index (χ0v) is 11.8. The normalized spacial score (nSPS) is 10.3. The number of nitro groups is 1. The Morgan fingerprint density at radius 2 is 2.28 bits per heavy atom. The Kier molecular flexibility index (Phi) is 4.10. The van der Waals surface area contributed by atoms with Gasteiger partial charge in [0.05, 0.1) is 4.92 Å². The van der Waals surface area contributed by atoms with E-state index in [-0.39, 0.29) is 12.3 Å². The number of ether oxygens (including phenoxy) is 1. The molecule has 2 aromatic rings. The van der Waals surface area contributed by atoms with E-state index in [1.54, 1.807) is 12.1 Å². The maximum atomic E-state index is 10.7. The van der Waals surface area contributed by atoms with Crippen molar-refractivity contribution >= 4 is 44.6 Å². The molecule has 0 bridgehead atoms. The minimum Gasteiger partial charge on any atom is -0.485 e. The van der Waals surface area contributed by atoms with Crippen molar-refractivity contribution in [2.45, 2.75) is 6.61 Å². The van der Waals surface area contributed by atoms with Crippen molar-refractivity contribution in [3.63, 3.8) is 0 Å². The maximum absolute atomic E-state index is 10.7. The zero-order valence-electron chi connectivity index (χ0n) is 8.67. The summed E-state index contributed by atoms with van der Waals surface area (Å²) in [4.78, 5) is 10.2. The van der Waals surface area contributed by atoms with Gasteiger partial charge < -0.3 is 4.74 Å². The molecule has 2 rings (SSSR count). The van der Waals surface area contributed by atoms with Crippen LogP contribution in [0.4, 0.5) is 5.69 Å². The van der Waals surface area contributed by atoms with E-state index in [2.05, 4.69) is 26.1 Å². The molecular formula is C9H5BrClN3O3S. The highest BCUT2D eigenvalue weighted by molar-refractivity contribution is 9.10. The van der Waals surface area contributed by atoms with Gasteiger partial charge in [-0.25, -0.2) is 0 Å². The van der Waals surface area contributed by atoms with Gasteiger partial charge in [-0.15, -0.1) is 10.2 Å². The highest BCUT2D eigenvalue weighted by Gasteiger charge is 2.16. The van der Waals surface area contributed by atoms with Gasteiger partial charge in [0.2, 0.25) is 4.47 Å². The van der Waals surface area contributed by atoms with E-state index in [9.17, 15) is 10.1 Å². The first-order valence-electron chi connectivity index (χ1n) is 4.61. The third-order valence-electron chi connectivity index (χ3n) is 1.93. The molecule has 0 N–H and O–H groups in total. The first kappa shape index (κ1) is 13.2. The average Bonchev–Trinajstić information content (AvgIpc) is 2.73. The number of benzene rings is 1. The molecule has 6 nitrogen and oxygen atoms in total. The highest BCUT2D eigenvalue weighted by atomic mass is 79.9. The van der Waals surface area contributed by atoms with Gasteiger partial charge in [0.1, 0.15) is 16.8 Å². The zero-order chi connectivity index (χ0) is 13.1. The number of nitrogens with zero attached hydrogens (tertiary/aromatic N) is 3. The highest BCUT2D eigenvalue weighted by Crippen LogP contribution is 2.34. The smallest absolute Gasteiger partial charge is 0.287 e. The first-order valence-corrected chi connectivity index (χ1v) is 6.60. The van der Waals surface area contributed by atoms with Gasteiger partial charge in [-0.3, -0.25) is 10.1 Å². The molecule has 0 aliphatic carbocycles. The topological polar surface area (TPSA) is 78.2 Å². The van der Waals surface area contributed by atoms with E-state index in [1.807, 2.05) is 0 Å². The van der Waals surface area contributed by atoms with Crippen molar-refractivity contribution in [2.75, 3.05) is 0 Å². The second-order valence-electron chi connectivity index (χ2n) is 3.08. The molecule has 1 aromatic carbocycles. The second kappa shape index (κ2) is 5.59. The van der Waals surface area contributed by atoms with Gasteiger partial charge in [-0.2, -0.15) is 0 Å². The Hall–Kier alpha value is -1.25. The van der Waals surface area contributed by atoms with Crippen LogP contribution in [0.2, 0.25) is 4.47 Å². The minimum atomic E-state index is -0.487. The van der Waals surface area contributed by atoms with E-state index in [0.717, 1.165) is 0 Å². The monoisotopic (exact) mass is 349 g/mol. The Morgan fingerprint density at radius 1 is 1.50 bits per heavy atom. The fourth-order valence-electron chi connectivity index (χ4n) is 1.18. The number of hydrogen-bond donors (Lipinski definition) is 0. The molecule has 0 aliphatic rings. The molecule has 1 heterocycles. The Bertz CT molecular complexity index is 592. The lowest BCUT2D eigenvalue weighted by molar-refractivity contribution is -0.385. The summed E-state index contributed by atoms with van der Waals surface area (Å²) in [6.07, 6.45) is 0. The Morgan fingerprint density at radius 3 is 2.89 bits per heavy atom. The van der Waals surface area contributed by atoms with Crippen LogP contribution in [0.1, 0.15) is 5.01 Å². The van der Waals surface area contributed by atoms with Gasteiger partial charge in [0, 0.05) is 6.07 Å². The predicted octanol–water partition coefficient (Wildman–Crippen LogP) is 3.44. The van der Waals surface area contributed by atoms with Crippen LogP contribution in [0, 0.1) is 10.1 Å². The molecule has 0 saturated carbocycles. The third kappa shape index (κ3) is 2.95. The molecule has 0 saturated heterocycles. The molecule has 0 aliphatic heterocycles. The van der Waals surface area contributed by atoms with E-state index < -0.39 is 4.92 Å². The van der Waals surface area contributed by atoms with Crippen LogP contribution in [0.25, 0.3) is 0 Å². The largest absolute Gasteiger partial charge is 0.485 e. The van der Waals surface area contributed by atoms with Crippen LogP contribution < -0.4 is 4.74 Å². The Balaban J connectivity index is 2.14. The van der Waals surface area contributed by atoms with E-state index in [4.69, 9.17) is 16.3 Å². The van der Waals surface area contributed by atoms with Gasteiger partial charge >= 0.3 is 0 Å². The van der Waals surface area contributed by atoms with Crippen LogP contribution in [-0.4, -0.2) is 15.1 Å². The number of nitro benzene ring substituents is 1. The van der Waals surface area contributed by atoms with Crippen LogP contribution in [-0.2, 0) is 6.61 Å². The number of hydrogen-bond acceptors (Lipinski definition) is 6. The summed E-state index contributed by atoms with van der Waals surface area (Å²) in [6, 6.07) is 4.56. The van der Waals surface area contributed by atoms with E-state index in [1.165, 1.54) is 17.4 Å². The van der Waals surface area contributed by atoms with Gasteiger partial charge in [0.15, 0.2) is 5.01 Å². The number of rotatable bonds is 4. The van der Waals surface area contributed by atoms with E-state index in [0.29, 0.717) is 19.7 Å². The van der Waals surface area contributed by atoms with Gasteiger partial charge in [-0.1, -0.05) is 17.4 Å². The van der Waals surface area contributed by atoms with Gasteiger partial charge in [0.25, 0.3) is 5.69 Å². The number of halogens is 2. The second-order valence-corrected chi connectivity index (χ2v) is 5.52. The predicted molar refractivity (Wildman–Crippen MR) is 70.0 cm³/mol. The minimum absolute atomic E-state index is 0.0530. The van der Waals surface area contributed by atoms with Crippen LogP contribution in [0.15, 0.2) is 22.7 Å². The standard InChI is InChI=1S/C9H5BrClN3O3S/c10-8-5(14(15)16)2-1-3-6(8)17-4-7-12-13-9(11)18-7/h1-3H,4H2. The summed E-state index contributed by atoms with van der Waals surface area (Å²) in [5.41, 5.74) is -0.0530. The molecule has 1 aromatic heterocycles. The quantitative estimate of drug-likeness (QED) is 0.623. The fourth-order valence-corrected chi connectivity index (χ4v) is 2.49. The summed E-state index contributed by atoms with van der Waals surface area (Å²) in [6.45, 7) is 0.157. The van der Waals surface area contributed by atoms with Crippen LogP contribution >= 0.6 is 38.9 Å². The molecule has 9 heteroatoms. The molecule has 18 heavy (non-hydrogen) atoms. The lowest BCUT2D eigenvalue weighted by Crippen LogP contribution is -1.97. The fraction of sp³-hybridized carbons (Fsp3) is 0.111. The lowest BCUT2D eigenvalue weighted by atomic mass is 10.3. The summed E-state index contributed by atoms with van der Waals surface area (Å²) >= 11 is 9.96. The molecule has 0 radical (unpaired) electrons. The lowest BCUT2D eigenvalue weighted by Gasteiger charge is -2.05. The van der Waals surface area contributed by atoms with Crippen LogP contribution in [0.5, 0.6) is 5.75 Å². The van der Waals surface area contributed by atoms with Crippen molar-refractivity contribution in [3.8, 4) is 5.75 Å². The summed E-state index contributed by atoms with van der Waals surface area (Å²) in [7, 11) is 0. The number of aromatic nitrogens is 2. The summed E-state index contributed by atoms with van der Waals surface area (Å²) < 4.78 is 6.05. The molecule has 0 unspecified atom stereocenters. The molecule has 0 atom stereocenters. The van der Waals surface area contributed by atoms with Crippen molar-refractivity contribution in [3.05, 3.63) is 42.3 Å². The summed E-state index contributed by atoms with van der Waals surface area (Å²) in [5, 5.41) is 18.7. The molecule has 0 spiro atoms. The van der Waals surface area contributed by atoms with Crippen LogP contribution in [0.3, 0.4) is 0 Å². The molecule has 0 amide bonds.